The van der Waals surface area contributed by atoms with Gasteiger partial charge in [-0.1, -0.05) is 12.1 Å². The van der Waals surface area contributed by atoms with Crippen LogP contribution in [0.5, 0.6) is 11.5 Å². The van der Waals surface area contributed by atoms with Crippen molar-refractivity contribution in [1.29, 1.82) is 0 Å². The van der Waals surface area contributed by atoms with E-state index in [1.165, 1.54) is 5.56 Å². The number of hydrogen-bond donors (Lipinski definition) is 1. The zero-order chi connectivity index (χ0) is 20.1. The standard InChI is InChI=1S/C22H26N2O4/c1-15(25)16-5-4-6-19(11-16)23-9-7-22(26)24-10-8-17-12-20(27-2)21(28-3)13-18(17)14-24/h4-6,11-13,23H,7-10,14H2,1-3H3. The van der Waals surface area contributed by atoms with Crippen LogP contribution in [0.4, 0.5) is 5.69 Å². The average molecular weight is 382 g/mol. The van der Waals surface area contributed by atoms with Crippen molar-refractivity contribution >= 4 is 17.4 Å². The van der Waals surface area contributed by atoms with Gasteiger partial charge in [0.15, 0.2) is 17.3 Å². The van der Waals surface area contributed by atoms with E-state index in [9.17, 15) is 9.59 Å². The van der Waals surface area contributed by atoms with E-state index < -0.39 is 0 Å². The van der Waals surface area contributed by atoms with Crippen molar-refractivity contribution in [3.63, 3.8) is 0 Å². The number of Topliss-reactive ketones (excluding diaryl/α,β-unsaturated/α-hetero) is 1. The summed E-state index contributed by atoms with van der Waals surface area (Å²) in [5.74, 6) is 1.54. The summed E-state index contributed by atoms with van der Waals surface area (Å²) in [6, 6.07) is 11.3. The monoisotopic (exact) mass is 382 g/mol. The van der Waals surface area contributed by atoms with Gasteiger partial charge in [0.25, 0.3) is 0 Å². The minimum atomic E-state index is 0.0266. The van der Waals surface area contributed by atoms with Crippen LogP contribution >= 0.6 is 0 Å². The maximum atomic E-state index is 12.6. The van der Waals surface area contributed by atoms with E-state index >= 15 is 0 Å². The van der Waals surface area contributed by atoms with Gasteiger partial charge in [-0.2, -0.15) is 0 Å². The highest BCUT2D eigenvalue weighted by molar-refractivity contribution is 5.94. The minimum absolute atomic E-state index is 0.0266. The number of carbonyl (C=O) groups is 2. The quantitative estimate of drug-likeness (QED) is 0.745. The molecule has 2 aromatic carbocycles. The lowest BCUT2D eigenvalue weighted by Gasteiger charge is -2.29. The number of carbonyl (C=O) groups excluding carboxylic acids is 2. The molecule has 148 valence electrons. The fourth-order valence-electron chi connectivity index (χ4n) is 3.42. The molecule has 0 bridgehead atoms. The summed E-state index contributed by atoms with van der Waals surface area (Å²) >= 11 is 0. The number of benzene rings is 2. The van der Waals surface area contributed by atoms with Crippen LogP contribution in [0.1, 0.15) is 34.8 Å². The zero-order valence-electron chi connectivity index (χ0n) is 16.6. The van der Waals surface area contributed by atoms with Gasteiger partial charge < -0.3 is 19.7 Å². The summed E-state index contributed by atoms with van der Waals surface area (Å²) in [6.45, 7) is 3.34. The summed E-state index contributed by atoms with van der Waals surface area (Å²) in [5.41, 5.74) is 3.80. The minimum Gasteiger partial charge on any atom is -0.493 e. The molecule has 1 aliphatic rings. The van der Waals surface area contributed by atoms with Crippen LogP contribution in [-0.2, 0) is 17.8 Å². The molecule has 1 amide bonds. The maximum absolute atomic E-state index is 12.6. The maximum Gasteiger partial charge on any atom is 0.224 e. The van der Waals surface area contributed by atoms with E-state index in [1.54, 1.807) is 27.2 Å². The Bertz CT molecular complexity index is 879. The van der Waals surface area contributed by atoms with Crippen molar-refractivity contribution < 1.29 is 19.1 Å². The lowest BCUT2D eigenvalue weighted by Crippen LogP contribution is -2.36. The molecule has 0 unspecified atom stereocenters. The Morgan fingerprint density at radius 2 is 1.79 bits per heavy atom. The van der Waals surface area contributed by atoms with Crippen molar-refractivity contribution in [3.05, 3.63) is 53.1 Å². The third-order valence-corrected chi connectivity index (χ3v) is 5.01. The fraction of sp³-hybridized carbons (Fsp3) is 0.364. The third kappa shape index (κ3) is 4.44. The number of fused-ring (bicyclic) bond motifs is 1. The number of methoxy groups -OCH3 is 2. The van der Waals surface area contributed by atoms with Crippen LogP contribution in [0.25, 0.3) is 0 Å². The molecule has 1 aliphatic heterocycles. The first-order valence-corrected chi connectivity index (χ1v) is 9.38. The Balaban J connectivity index is 1.57. The van der Waals surface area contributed by atoms with Crippen molar-refractivity contribution in [2.24, 2.45) is 0 Å². The Labute approximate surface area is 165 Å². The summed E-state index contributed by atoms with van der Waals surface area (Å²) in [6.07, 6.45) is 1.20. The second-order valence-electron chi connectivity index (χ2n) is 6.85. The molecule has 2 aromatic rings. The third-order valence-electron chi connectivity index (χ3n) is 5.01. The van der Waals surface area contributed by atoms with Gasteiger partial charge in [-0.15, -0.1) is 0 Å². The Morgan fingerprint density at radius 1 is 1.07 bits per heavy atom. The highest BCUT2D eigenvalue weighted by Gasteiger charge is 2.22. The Kier molecular flexibility index (Phi) is 6.19. The van der Waals surface area contributed by atoms with Crippen LogP contribution < -0.4 is 14.8 Å². The van der Waals surface area contributed by atoms with E-state index in [-0.39, 0.29) is 11.7 Å². The normalized spacial score (nSPS) is 12.9. The first-order valence-electron chi connectivity index (χ1n) is 9.38. The van der Waals surface area contributed by atoms with E-state index in [2.05, 4.69) is 5.32 Å². The molecule has 0 saturated heterocycles. The number of amides is 1. The molecular weight excluding hydrogens is 356 g/mol. The van der Waals surface area contributed by atoms with E-state index in [0.29, 0.717) is 37.4 Å². The molecule has 6 heteroatoms. The number of hydrogen-bond acceptors (Lipinski definition) is 5. The van der Waals surface area contributed by atoms with Gasteiger partial charge in [0.2, 0.25) is 5.91 Å². The molecule has 3 rings (SSSR count). The van der Waals surface area contributed by atoms with Crippen LogP contribution in [0.2, 0.25) is 0 Å². The molecule has 0 aliphatic carbocycles. The second-order valence-corrected chi connectivity index (χ2v) is 6.85. The molecule has 6 nitrogen and oxygen atoms in total. The number of ketones is 1. The molecule has 0 atom stereocenters. The molecular formula is C22H26N2O4. The van der Waals surface area contributed by atoms with Crippen molar-refractivity contribution in [2.75, 3.05) is 32.6 Å². The van der Waals surface area contributed by atoms with Gasteiger partial charge in [0.1, 0.15) is 0 Å². The van der Waals surface area contributed by atoms with Crippen molar-refractivity contribution in [2.45, 2.75) is 26.3 Å². The molecule has 0 spiro atoms. The molecule has 0 fully saturated rings. The smallest absolute Gasteiger partial charge is 0.224 e. The molecule has 0 radical (unpaired) electrons. The lowest BCUT2D eigenvalue weighted by molar-refractivity contribution is -0.131. The van der Waals surface area contributed by atoms with Crippen LogP contribution in [0.3, 0.4) is 0 Å². The topological polar surface area (TPSA) is 67.9 Å². The highest BCUT2D eigenvalue weighted by Crippen LogP contribution is 2.33. The molecule has 28 heavy (non-hydrogen) atoms. The summed E-state index contributed by atoms with van der Waals surface area (Å²) < 4.78 is 10.7. The number of nitrogens with one attached hydrogen (secondary N) is 1. The van der Waals surface area contributed by atoms with Gasteiger partial charge >= 0.3 is 0 Å². The molecule has 1 heterocycles. The Morgan fingerprint density at radius 3 is 2.46 bits per heavy atom. The fourth-order valence-corrected chi connectivity index (χ4v) is 3.42. The molecule has 1 N–H and O–H groups in total. The lowest BCUT2D eigenvalue weighted by atomic mass is 9.98. The summed E-state index contributed by atoms with van der Waals surface area (Å²) in [5, 5.41) is 3.23. The van der Waals surface area contributed by atoms with Crippen LogP contribution in [0, 0.1) is 0 Å². The summed E-state index contributed by atoms with van der Waals surface area (Å²) in [4.78, 5) is 26.0. The second kappa shape index (κ2) is 8.78. The van der Waals surface area contributed by atoms with Gasteiger partial charge in [-0.25, -0.2) is 0 Å². The first-order chi connectivity index (χ1) is 13.5. The van der Waals surface area contributed by atoms with Gasteiger partial charge in [0, 0.05) is 37.3 Å². The SMILES string of the molecule is COc1cc2c(cc1OC)CN(C(=O)CCNc1cccc(C(C)=O)c1)CC2. The zero-order valence-corrected chi connectivity index (χ0v) is 16.6. The largest absolute Gasteiger partial charge is 0.493 e. The average Bonchev–Trinajstić information content (AvgIpc) is 2.72. The van der Waals surface area contributed by atoms with Crippen molar-refractivity contribution in [3.8, 4) is 11.5 Å². The van der Waals surface area contributed by atoms with E-state index in [0.717, 1.165) is 23.4 Å². The molecule has 0 aromatic heterocycles. The highest BCUT2D eigenvalue weighted by atomic mass is 16.5. The van der Waals surface area contributed by atoms with Crippen LogP contribution in [0.15, 0.2) is 36.4 Å². The number of anilines is 1. The number of ether oxygens (including phenoxy) is 2. The Hall–Kier alpha value is -3.02. The predicted molar refractivity (Wildman–Crippen MR) is 108 cm³/mol. The van der Waals surface area contributed by atoms with E-state index in [1.807, 2.05) is 35.2 Å². The van der Waals surface area contributed by atoms with Gasteiger partial charge in [0.05, 0.1) is 14.2 Å². The van der Waals surface area contributed by atoms with Gasteiger partial charge in [-0.05, 0) is 48.7 Å². The number of nitrogens with zero attached hydrogens (tertiary/aromatic N) is 1. The van der Waals surface area contributed by atoms with Gasteiger partial charge in [-0.3, -0.25) is 9.59 Å². The summed E-state index contributed by atoms with van der Waals surface area (Å²) in [7, 11) is 3.24. The van der Waals surface area contributed by atoms with E-state index in [4.69, 9.17) is 9.47 Å². The predicted octanol–water partition coefficient (Wildman–Crippen LogP) is 3.29. The van der Waals surface area contributed by atoms with Crippen molar-refractivity contribution in [1.82, 2.24) is 4.90 Å². The first kappa shape index (κ1) is 19.7. The van der Waals surface area contributed by atoms with Crippen LogP contribution in [-0.4, -0.2) is 43.9 Å². The molecule has 0 saturated carbocycles. The number of rotatable bonds is 7.